The van der Waals surface area contributed by atoms with E-state index in [1.165, 1.54) is 23.0 Å². The summed E-state index contributed by atoms with van der Waals surface area (Å²) < 4.78 is 14.4. The van der Waals surface area contributed by atoms with Crippen molar-refractivity contribution < 1.29 is 14.3 Å². The molecule has 2 aromatic rings. The van der Waals surface area contributed by atoms with Crippen molar-refractivity contribution in [1.29, 1.82) is 0 Å². The van der Waals surface area contributed by atoms with E-state index in [-0.39, 0.29) is 29.7 Å². The highest BCUT2D eigenvalue weighted by molar-refractivity contribution is 7.19. The number of hydrogen-bond donors (Lipinski definition) is 1. The molecule has 8 nitrogen and oxygen atoms in total. The molecule has 0 saturated carbocycles. The van der Waals surface area contributed by atoms with Crippen molar-refractivity contribution in [3.63, 3.8) is 0 Å². The molecule has 4 heterocycles. The zero-order valence-corrected chi connectivity index (χ0v) is 17.2. The number of nitrogens with one attached hydrogen (secondary N) is 1. The van der Waals surface area contributed by atoms with Crippen molar-refractivity contribution in [2.75, 3.05) is 13.2 Å². The third kappa shape index (κ3) is 3.42. The highest BCUT2D eigenvalue weighted by Crippen LogP contribution is 2.37. The van der Waals surface area contributed by atoms with E-state index in [9.17, 15) is 14.4 Å². The van der Waals surface area contributed by atoms with E-state index in [1.807, 2.05) is 13.8 Å². The number of carbonyl (C=O) groups is 1. The average molecular weight is 407 g/mol. The molecule has 0 aliphatic carbocycles. The Bertz CT molecular complexity index is 1040. The van der Waals surface area contributed by atoms with Crippen LogP contribution in [0, 0.1) is 0 Å². The molecule has 1 saturated heterocycles. The summed E-state index contributed by atoms with van der Waals surface area (Å²) in [6.07, 6.45) is 2.63. The second-order valence-electron chi connectivity index (χ2n) is 8.08. The van der Waals surface area contributed by atoms with E-state index in [0.717, 1.165) is 34.5 Å². The largest absolute Gasteiger partial charge is 0.376 e. The molecule has 2 aliphatic heterocycles. The van der Waals surface area contributed by atoms with Crippen molar-refractivity contribution in [3.05, 3.63) is 31.3 Å². The lowest BCUT2D eigenvalue weighted by atomic mass is 9.98. The fourth-order valence-corrected chi connectivity index (χ4v) is 5.32. The maximum Gasteiger partial charge on any atom is 0.331 e. The van der Waals surface area contributed by atoms with Gasteiger partial charge in [0, 0.05) is 37.1 Å². The van der Waals surface area contributed by atoms with Gasteiger partial charge in [0.05, 0.1) is 23.8 Å². The molecule has 152 valence electrons. The van der Waals surface area contributed by atoms with E-state index in [0.29, 0.717) is 29.8 Å². The summed E-state index contributed by atoms with van der Waals surface area (Å²) >= 11 is 1.40. The third-order valence-corrected chi connectivity index (χ3v) is 6.60. The Labute approximate surface area is 166 Å². The van der Waals surface area contributed by atoms with Crippen LogP contribution in [0.15, 0.2) is 9.59 Å². The molecule has 0 unspecified atom stereocenters. The second kappa shape index (κ2) is 7.13. The minimum atomic E-state index is -0.491. The van der Waals surface area contributed by atoms with Crippen molar-refractivity contribution in [2.45, 2.75) is 58.0 Å². The first-order chi connectivity index (χ1) is 13.3. The van der Waals surface area contributed by atoms with Crippen molar-refractivity contribution in [3.8, 4) is 0 Å². The monoisotopic (exact) mass is 407 g/mol. The molecule has 4 rings (SSSR count). The number of amides is 1. The molecular formula is C19H25N3O5S. The number of nitrogens with zero attached hydrogens (tertiary/aromatic N) is 2. The summed E-state index contributed by atoms with van der Waals surface area (Å²) in [5.41, 5.74) is 0.253. The third-order valence-electron chi connectivity index (χ3n) is 5.40. The van der Waals surface area contributed by atoms with Gasteiger partial charge in [-0.1, -0.05) is 0 Å². The summed E-state index contributed by atoms with van der Waals surface area (Å²) in [6, 6.07) is 0. The van der Waals surface area contributed by atoms with Crippen molar-refractivity contribution in [1.82, 2.24) is 14.5 Å². The van der Waals surface area contributed by atoms with Crippen molar-refractivity contribution >= 4 is 27.5 Å². The van der Waals surface area contributed by atoms with Gasteiger partial charge < -0.3 is 14.8 Å². The Morgan fingerprint density at radius 3 is 2.86 bits per heavy atom. The Kier molecular flexibility index (Phi) is 4.93. The number of rotatable bonds is 4. The lowest BCUT2D eigenvalue weighted by Gasteiger charge is -2.30. The van der Waals surface area contributed by atoms with Crippen LogP contribution in [0.1, 0.15) is 37.1 Å². The Balaban J connectivity index is 1.71. The smallest absolute Gasteiger partial charge is 0.331 e. The van der Waals surface area contributed by atoms with Gasteiger partial charge >= 0.3 is 5.69 Å². The van der Waals surface area contributed by atoms with Crippen LogP contribution >= 0.6 is 11.3 Å². The van der Waals surface area contributed by atoms with Crippen LogP contribution in [-0.2, 0) is 40.9 Å². The van der Waals surface area contributed by atoms with E-state index < -0.39 is 5.69 Å². The predicted octanol–water partition coefficient (Wildman–Crippen LogP) is 0.908. The van der Waals surface area contributed by atoms with Crippen molar-refractivity contribution in [2.24, 2.45) is 7.05 Å². The molecule has 0 bridgehead atoms. The number of ether oxygens (including phenoxy) is 2. The van der Waals surface area contributed by atoms with Gasteiger partial charge in [-0.15, -0.1) is 11.3 Å². The van der Waals surface area contributed by atoms with Crippen LogP contribution < -0.4 is 16.6 Å². The van der Waals surface area contributed by atoms with Crippen LogP contribution in [0.3, 0.4) is 0 Å². The predicted molar refractivity (Wildman–Crippen MR) is 106 cm³/mol. The van der Waals surface area contributed by atoms with E-state index in [4.69, 9.17) is 9.47 Å². The van der Waals surface area contributed by atoms with Gasteiger partial charge in [0.1, 0.15) is 11.2 Å². The Hall–Kier alpha value is -1.97. The molecule has 1 amide bonds. The first kappa shape index (κ1) is 19.4. The molecule has 1 atom stereocenters. The lowest BCUT2D eigenvalue weighted by Crippen LogP contribution is -2.42. The molecule has 28 heavy (non-hydrogen) atoms. The highest BCUT2D eigenvalue weighted by Gasteiger charge is 2.31. The summed E-state index contributed by atoms with van der Waals surface area (Å²) in [6.45, 7) is 5.35. The molecule has 2 aromatic heterocycles. The number of thiophene rings is 1. The molecule has 1 N–H and O–H groups in total. The quantitative estimate of drug-likeness (QED) is 0.813. The first-order valence-corrected chi connectivity index (χ1v) is 10.3. The minimum absolute atomic E-state index is 0.0327. The normalized spacial score (nSPS) is 21.0. The van der Waals surface area contributed by atoms with Gasteiger partial charge in [-0.2, -0.15) is 0 Å². The molecule has 0 radical (unpaired) electrons. The van der Waals surface area contributed by atoms with Gasteiger partial charge in [-0.3, -0.25) is 18.7 Å². The number of aromatic nitrogens is 2. The van der Waals surface area contributed by atoms with Crippen LogP contribution in [-0.4, -0.2) is 39.9 Å². The summed E-state index contributed by atoms with van der Waals surface area (Å²) in [7, 11) is 1.45. The molecule has 0 aromatic carbocycles. The first-order valence-electron chi connectivity index (χ1n) is 9.53. The van der Waals surface area contributed by atoms with Crippen LogP contribution in [0.2, 0.25) is 0 Å². The lowest BCUT2D eigenvalue weighted by molar-refractivity contribution is -0.122. The fraction of sp³-hybridized carbons (Fsp3) is 0.632. The van der Waals surface area contributed by atoms with Gasteiger partial charge in [0.2, 0.25) is 5.91 Å². The number of carbonyl (C=O) groups excluding carboxylic acids is 1. The Morgan fingerprint density at radius 1 is 1.36 bits per heavy atom. The molecular weight excluding hydrogens is 382 g/mol. The average Bonchev–Trinajstić information content (AvgIpc) is 3.28. The van der Waals surface area contributed by atoms with E-state index in [1.54, 1.807) is 0 Å². The summed E-state index contributed by atoms with van der Waals surface area (Å²) in [4.78, 5) is 39.0. The second-order valence-corrected chi connectivity index (χ2v) is 9.18. The highest BCUT2D eigenvalue weighted by atomic mass is 32.1. The van der Waals surface area contributed by atoms with Crippen LogP contribution in [0.25, 0.3) is 10.2 Å². The molecule has 0 spiro atoms. The standard InChI is InChI=1S/C19H25N3O5S/c1-19(2)7-13-12(10-27-19)15-16(28-13)17(24)21(3)18(25)22(15)9-14(23)20-8-11-5-4-6-26-11/h11H,4-10H2,1-3H3,(H,20,23)/t11-/m1/s1. The maximum absolute atomic E-state index is 12.8. The molecule has 2 aliphatic rings. The van der Waals surface area contributed by atoms with Gasteiger partial charge in [0.15, 0.2) is 0 Å². The van der Waals surface area contributed by atoms with Gasteiger partial charge in [-0.25, -0.2) is 4.79 Å². The Morgan fingerprint density at radius 2 is 2.14 bits per heavy atom. The molecule has 1 fully saturated rings. The number of hydrogen-bond acceptors (Lipinski definition) is 6. The SMILES string of the molecule is Cn1c(=O)c2sc3c(c2n(CC(=O)NC[C@H]2CCCO2)c1=O)COC(C)(C)C3. The van der Waals surface area contributed by atoms with Crippen LogP contribution in [0.5, 0.6) is 0 Å². The van der Waals surface area contributed by atoms with E-state index >= 15 is 0 Å². The maximum atomic E-state index is 12.8. The summed E-state index contributed by atoms with van der Waals surface area (Å²) in [5.74, 6) is -0.269. The summed E-state index contributed by atoms with van der Waals surface area (Å²) in [5, 5.41) is 2.85. The topological polar surface area (TPSA) is 91.6 Å². The van der Waals surface area contributed by atoms with E-state index in [2.05, 4.69) is 5.32 Å². The fourth-order valence-electron chi connectivity index (χ4n) is 3.82. The minimum Gasteiger partial charge on any atom is -0.376 e. The number of fused-ring (bicyclic) bond motifs is 3. The van der Waals surface area contributed by atoms with Gasteiger partial charge in [-0.05, 0) is 26.7 Å². The zero-order valence-electron chi connectivity index (χ0n) is 16.4. The van der Waals surface area contributed by atoms with Crippen LogP contribution in [0.4, 0.5) is 0 Å². The molecule has 9 heteroatoms. The van der Waals surface area contributed by atoms with Gasteiger partial charge in [0.25, 0.3) is 5.56 Å². The zero-order chi connectivity index (χ0) is 20.1.